The third-order valence-electron chi connectivity index (χ3n) is 3.53. The largest absolute Gasteiger partial charge is 0.384 e. The molecule has 0 saturated heterocycles. The van der Waals surface area contributed by atoms with E-state index in [0.717, 1.165) is 24.2 Å². The van der Waals surface area contributed by atoms with Crippen molar-refractivity contribution in [3.05, 3.63) is 53.3 Å². The molecule has 2 N–H and O–H groups in total. The first kappa shape index (κ1) is 13.9. The number of rotatable bonds is 3. The van der Waals surface area contributed by atoms with Gasteiger partial charge in [0.05, 0.1) is 10.6 Å². The first-order valence-electron chi connectivity index (χ1n) is 6.61. The fourth-order valence-corrected chi connectivity index (χ4v) is 3.54. The molecule has 0 fully saturated rings. The van der Waals surface area contributed by atoms with E-state index in [1.165, 1.54) is 18.2 Å². The topological polar surface area (TPSA) is 58.2 Å². The Morgan fingerprint density at radius 1 is 1.19 bits per heavy atom. The molecule has 1 aliphatic rings. The van der Waals surface area contributed by atoms with Crippen LogP contribution in [0, 0.1) is 12.7 Å². The van der Waals surface area contributed by atoms with Gasteiger partial charge in [0.2, 0.25) is 0 Å². The first-order valence-corrected chi connectivity index (χ1v) is 8.10. The van der Waals surface area contributed by atoms with Crippen molar-refractivity contribution in [3.8, 4) is 0 Å². The molecule has 0 aliphatic carbocycles. The number of benzene rings is 2. The number of halogens is 1. The van der Waals surface area contributed by atoms with E-state index < -0.39 is 15.8 Å². The van der Waals surface area contributed by atoms with Gasteiger partial charge in [-0.2, -0.15) is 0 Å². The number of aryl methyl sites for hydroxylation is 1. The van der Waals surface area contributed by atoms with Crippen molar-refractivity contribution in [2.75, 3.05) is 16.6 Å². The van der Waals surface area contributed by atoms with Gasteiger partial charge in [-0.05, 0) is 54.8 Å². The Morgan fingerprint density at radius 3 is 2.76 bits per heavy atom. The van der Waals surface area contributed by atoms with Crippen LogP contribution in [0.3, 0.4) is 0 Å². The maximum absolute atomic E-state index is 13.1. The summed E-state index contributed by atoms with van der Waals surface area (Å²) in [6.07, 6.45) is 0.903. The van der Waals surface area contributed by atoms with E-state index in [2.05, 4.69) is 10.0 Å². The number of nitrogens with one attached hydrogen (secondary N) is 2. The predicted molar refractivity (Wildman–Crippen MR) is 80.6 cm³/mol. The highest BCUT2D eigenvalue weighted by molar-refractivity contribution is 7.92. The molecule has 110 valence electrons. The highest BCUT2D eigenvalue weighted by Crippen LogP contribution is 2.27. The Kier molecular flexibility index (Phi) is 3.33. The third kappa shape index (κ3) is 2.71. The lowest BCUT2D eigenvalue weighted by atomic mass is 10.2. The molecule has 1 heterocycles. The number of hydrogen-bond donors (Lipinski definition) is 2. The predicted octanol–water partition coefficient (Wildman–Crippen LogP) is 2.90. The molecule has 1 aliphatic heterocycles. The summed E-state index contributed by atoms with van der Waals surface area (Å²) in [5, 5.41) is 3.15. The Morgan fingerprint density at radius 2 is 2.00 bits per heavy atom. The van der Waals surface area contributed by atoms with E-state index in [1.54, 1.807) is 19.1 Å². The van der Waals surface area contributed by atoms with Gasteiger partial charge in [0.15, 0.2) is 0 Å². The summed E-state index contributed by atoms with van der Waals surface area (Å²) in [6, 6.07) is 8.99. The summed E-state index contributed by atoms with van der Waals surface area (Å²) in [5.41, 5.74) is 2.89. The molecule has 0 bridgehead atoms. The van der Waals surface area contributed by atoms with Crippen molar-refractivity contribution in [1.82, 2.24) is 0 Å². The minimum Gasteiger partial charge on any atom is -0.384 e. The molecule has 0 saturated carbocycles. The van der Waals surface area contributed by atoms with Crippen molar-refractivity contribution in [2.24, 2.45) is 0 Å². The minimum absolute atomic E-state index is 0.194. The Bertz CT molecular complexity index is 803. The van der Waals surface area contributed by atoms with Crippen molar-refractivity contribution in [2.45, 2.75) is 18.2 Å². The van der Waals surface area contributed by atoms with E-state index in [4.69, 9.17) is 0 Å². The molecule has 0 amide bonds. The van der Waals surface area contributed by atoms with Gasteiger partial charge in [0.1, 0.15) is 5.82 Å². The van der Waals surface area contributed by atoms with Crippen LogP contribution in [0.4, 0.5) is 15.8 Å². The van der Waals surface area contributed by atoms with Gasteiger partial charge >= 0.3 is 0 Å². The quantitative estimate of drug-likeness (QED) is 0.916. The van der Waals surface area contributed by atoms with Gasteiger partial charge < -0.3 is 5.32 Å². The van der Waals surface area contributed by atoms with Crippen molar-refractivity contribution in [1.29, 1.82) is 0 Å². The fraction of sp³-hybridized carbons (Fsp3) is 0.200. The summed E-state index contributed by atoms with van der Waals surface area (Å²) < 4.78 is 40.4. The maximum Gasteiger partial charge on any atom is 0.261 e. The molecule has 0 unspecified atom stereocenters. The summed E-state index contributed by atoms with van der Waals surface area (Å²) in [4.78, 5) is 0.194. The van der Waals surface area contributed by atoms with Crippen molar-refractivity contribution < 1.29 is 12.8 Å². The molecule has 2 aromatic rings. The molecule has 3 rings (SSSR count). The molecular formula is C15H15FN2O2S. The lowest BCUT2D eigenvalue weighted by Crippen LogP contribution is -2.14. The van der Waals surface area contributed by atoms with Crippen LogP contribution < -0.4 is 10.0 Å². The van der Waals surface area contributed by atoms with Crippen LogP contribution in [0.15, 0.2) is 41.3 Å². The molecule has 0 spiro atoms. The maximum atomic E-state index is 13.1. The second kappa shape index (κ2) is 5.04. The van der Waals surface area contributed by atoms with Crippen LogP contribution >= 0.6 is 0 Å². The summed E-state index contributed by atoms with van der Waals surface area (Å²) in [6.45, 7) is 2.48. The monoisotopic (exact) mass is 306 g/mol. The second-order valence-electron chi connectivity index (χ2n) is 5.06. The van der Waals surface area contributed by atoms with Gasteiger partial charge in [0, 0.05) is 12.2 Å². The highest BCUT2D eigenvalue weighted by atomic mass is 32.2. The SMILES string of the molecule is Cc1cc(F)ccc1NS(=O)(=O)c1ccc2c(c1)NCC2. The molecule has 0 atom stereocenters. The van der Waals surface area contributed by atoms with E-state index in [0.29, 0.717) is 11.3 Å². The third-order valence-corrected chi connectivity index (χ3v) is 4.90. The molecule has 4 nitrogen and oxygen atoms in total. The number of anilines is 2. The van der Waals surface area contributed by atoms with Gasteiger partial charge in [0.25, 0.3) is 10.0 Å². The number of hydrogen-bond acceptors (Lipinski definition) is 3. The lowest BCUT2D eigenvalue weighted by Gasteiger charge is -2.11. The van der Waals surface area contributed by atoms with E-state index in [-0.39, 0.29) is 4.90 Å². The normalized spacial score (nSPS) is 13.6. The van der Waals surface area contributed by atoms with E-state index in [9.17, 15) is 12.8 Å². The Balaban J connectivity index is 1.93. The second-order valence-corrected chi connectivity index (χ2v) is 6.74. The Labute approximate surface area is 123 Å². The zero-order valence-electron chi connectivity index (χ0n) is 11.5. The summed E-state index contributed by atoms with van der Waals surface area (Å²) in [7, 11) is -3.68. The van der Waals surface area contributed by atoms with Crippen LogP contribution in [-0.4, -0.2) is 15.0 Å². The molecule has 21 heavy (non-hydrogen) atoms. The molecule has 2 aromatic carbocycles. The zero-order chi connectivity index (χ0) is 15.0. The van der Waals surface area contributed by atoms with Crippen LogP contribution in [0.25, 0.3) is 0 Å². The standard InChI is InChI=1S/C15H15FN2O2S/c1-10-8-12(16)3-5-14(10)18-21(19,20)13-4-2-11-6-7-17-15(11)9-13/h2-5,8-9,17-18H,6-7H2,1H3. The summed E-state index contributed by atoms with van der Waals surface area (Å²) >= 11 is 0. The van der Waals surface area contributed by atoms with Crippen LogP contribution in [0.2, 0.25) is 0 Å². The first-order chi connectivity index (χ1) is 9.95. The average Bonchev–Trinajstić information content (AvgIpc) is 2.89. The van der Waals surface area contributed by atoms with Gasteiger partial charge in [-0.1, -0.05) is 6.07 Å². The van der Waals surface area contributed by atoms with E-state index in [1.807, 2.05) is 6.07 Å². The zero-order valence-corrected chi connectivity index (χ0v) is 12.3. The average molecular weight is 306 g/mol. The van der Waals surface area contributed by atoms with Crippen LogP contribution in [-0.2, 0) is 16.4 Å². The molecule has 0 radical (unpaired) electrons. The van der Waals surface area contributed by atoms with Gasteiger partial charge in [-0.15, -0.1) is 0 Å². The van der Waals surface area contributed by atoms with Crippen LogP contribution in [0.1, 0.15) is 11.1 Å². The van der Waals surface area contributed by atoms with Crippen molar-refractivity contribution in [3.63, 3.8) is 0 Å². The lowest BCUT2D eigenvalue weighted by molar-refractivity contribution is 0.601. The Hall–Kier alpha value is -2.08. The van der Waals surface area contributed by atoms with Crippen LogP contribution in [0.5, 0.6) is 0 Å². The molecule has 6 heteroatoms. The summed E-state index contributed by atoms with van der Waals surface area (Å²) in [5.74, 6) is -0.392. The smallest absolute Gasteiger partial charge is 0.261 e. The van der Waals surface area contributed by atoms with Gasteiger partial charge in [-0.25, -0.2) is 12.8 Å². The molecule has 0 aromatic heterocycles. The number of sulfonamides is 1. The molecular weight excluding hydrogens is 291 g/mol. The van der Waals surface area contributed by atoms with E-state index >= 15 is 0 Å². The van der Waals surface area contributed by atoms with Gasteiger partial charge in [-0.3, -0.25) is 4.72 Å². The highest BCUT2D eigenvalue weighted by Gasteiger charge is 2.19. The number of fused-ring (bicyclic) bond motifs is 1. The minimum atomic E-state index is -3.68. The fourth-order valence-electron chi connectivity index (χ4n) is 2.38. The van der Waals surface area contributed by atoms with Crippen molar-refractivity contribution >= 4 is 21.4 Å².